The second-order valence-corrected chi connectivity index (χ2v) is 7.68. The molecule has 4 rings (SSSR count). The Balaban J connectivity index is 1.66. The number of benzene rings is 1. The molecule has 0 unspecified atom stereocenters. The molecule has 0 saturated heterocycles. The van der Waals surface area contributed by atoms with Crippen molar-refractivity contribution in [1.82, 2.24) is 14.7 Å². The molecule has 0 N–H and O–H groups in total. The van der Waals surface area contributed by atoms with Crippen LogP contribution in [0.25, 0.3) is 5.69 Å². The predicted molar refractivity (Wildman–Crippen MR) is 98.5 cm³/mol. The van der Waals surface area contributed by atoms with Gasteiger partial charge in [0.25, 0.3) is 0 Å². The Morgan fingerprint density at radius 3 is 2.54 bits per heavy atom. The lowest BCUT2D eigenvalue weighted by Crippen LogP contribution is -2.38. The lowest BCUT2D eigenvalue weighted by atomic mass is 10.1. The Bertz CT molecular complexity index is 681. The number of para-hydroxylation sites is 1. The van der Waals surface area contributed by atoms with E-state index >= 15 is 0 Å². The Kier molecular flexibility index (Phi) is 4.45. The van der Waals surface area contributed by atoms with Gasteiger partial charge in [-0.15, -0.1) is 0 Å². The van der Waals surface area contributed by atoms with Crippen molar-refractivity contribution in [2.24, 2.45) is 0 Å². The average molecular weight is 323 g/mol. The number of hydrogen-bond acceptors (Lipinski definition) is 2. The molecular formula is C21H29N3. The summed E-state index contributed by atoms with van der Waals surface area (Å²) in [6, 6.07) is 12.0. The van der Waals surface area contributed by atoms with E-state index in [9.17, 15) is 0 Å². The number of rotatable bonds is 5. The second kappa shape index (κ2) is 6.72. The quantitative estimate of drug-likeness (QED) is 0.807. The smallest absolute Gasteiger partial charge is 0.0804 e. The van der Waals surface area contributed by atoms with Gasteiger partial charge >= 0.3 is 0 Å². The first kappa shape index (κ1) is 15.9. The van der Waals surface area contributed by atoms with E-state index in [0.717, 1.165) is 12.6 Å². The molecule has 1 heterocycles. The fraction of sp³-hybridized carbons (Fsp3) is 0.571. The largest absolute Gasteiger partial charge is 0.292 e. The van der Waals surface area contributed by atoms with Crippen LogP contribution in [-0.4, -0.2) is 26.8 Å². The first-order valence-corrected chi connectivity index (χ1v) is 9.65. The van der Waals surface area contributed by atoms with Crippen LogP contribution < -0.4 is 0 Å². The summed E-state index contributed by atoms with van der Waals surface area (Å²) in [5.74, 6) is 0. The van der Waals surface area contributed by atoms with Gasteiger partial charge < -0.3 is 0 Å². The normalized spacial score (nSPS) is 18.0. The maximum atomic E-state index is 5.07. The Hall–Kier alpha value is -1.61. The van der Waals surface area contributed by atoms with Crippen molar-refractivity contribution in [3.8, 4) is 5.69 Å². The summed E-state index contributed by atoms with van der Waals surface area (Å²) in [7, 11) is 0. The van der Waals surface area contributed by atoms with Gasteiger partial charge in [-0.3, -0.25) is 4.90 Å². The number of aromatic nitrogens is 2. The van der Waals surface area contributed by atoms with Crippen molar-refractivity contribution < 1.29 is 0 Å². The van der Waals surface area contributed by atoms with E-state index in [-0.39, 0.29) is 0 Å². The number of nitrogens with zero attached hydrogens (tertiary/aromatic N) is 3. The summed E-state index contributed by atoms with van der Waals surface area (Å²) in [5.41, 5.74) is 5.51. The Morgan fingerprint density at radius 2 is 1.83 bits per heavy atom. The molecule has 3 nitrogen and oxygen atoms in total. The van der Waals surface area contributed by atoms with Gasteiger partial charge in [0.15, 0.2) is 0 Å². The molecule has 1 aromatic heterocycles. The summed E-state index contributed by atoms with van der Waals surface area (Å²) in [6.45, 7) is 5.70. The van der Waals surface area contributed by atoms with Crippen molar-refractivity contribution in [3.63, 3.8) is 0 Å². The summed E-state index contributed by atoms with van der Waals surface area (Å²) < 4.78 is 2.21. The number of hydrogen-bond donors (Lipinski definition) is 0. The average Bonchev–Trinajstić information content (AvgIpc) is 3.31. The van der Waals surface area contributed by atoms with Gasteiger partial charge in [0.1, 0.15) is 0 Å². The second-order valence-electron chi connectivity index (χ2n) is 7.68. The van der Waals surface area contributed by atoms with Crippen LogP contribution in [0.15, 0.2) is 30.3 Å². The lowest BCUT2D eigenvalue weighted by molar-refractivity contribution is 0.143. The summed E-state index contributed by atoms with van der Waals surface area (Å²) in [5, 5.41) is 5.07. The van der Waals surface area contributed by atoms with Crippen LogP contribution in [0.1, 0.15) is 62.9 Å². The van der Waals surface area contributed by atoms with E-state index in [2.05, 4.69) is 53.8 Å². The molecule has 0 atom stereocenters. The third kappa shape index (κ3) is 2.90. The highest BCUT2D eigenvalue weighted by Gasteiger charge is 2.29. The van der Waals surface area contributed by atoms with Crippen LogP contribution in [0.2, 0.25) is 0 Å². The first-order chi connectivity index (χ1) is 11.7. The molecule has 0 radical (unpaired) electrons. The minimum absolute atomic E-state index is 0.590. The van der Waals surface area contributed by atoms with Crippen molar-refractivity contribution >= 4 is 0 Å². The van der Waals surface area contributed by atoms with Crippen molar-refractivity contribution in [2.45, 2.75) is 77.4 Å². The fourth-order valence-corrected chi connectivity index (χ4v) is 4.57. The van der Waals surface area contributed by atoms with E-state index in [0.29, 0.717) is 6.04 Å². The molecule has 1 aromatic carbocycles. The van der Waals surface area contributed by atoms with E-state index in [4.69, 9.17) is 5.10 Å². The summed E-state index contributed by atoms with van der Waals surface area (Å²) in [6.07, 6.45) is 9.16. The van der Waals surface area contributed by atoms with Crippen LogP contribution in [0.3, 0.4) is 0 Å². The molecular weight excluding hydrogens is 294 g/mol. The molecule has 2 aliphatic rings. The molecule has 0 bridgehead atoms. The SMILES string of the molecule is CC(C)N(Cc1nn(-c2ccccc2)c2c1CCC2)C1CCCC1. The minimum atomic E-state index is 0.590. The minimum Gasteiger partial charge on any atom is -0.292 e. The topological polar surface area (TPSA) is 21.1 Å². The predicted octanol–water partition coefficient (Wildman–Crippen LogP) is 4.51. The molecule has 1 saturated carbocycles. The molecule has 1 fully saturated rings. The highest BCUT2D eigenvalue weighted by Crippen LogP contribution is 2.31. The zero-order chi connectivity index (χ0) is 16.5. The van der Waals surface area contributed by atoms with Crippen LogP contribution in [-0.2, 0) is 19.4 Å². The molecule has 2 aliphatic carbocycles. The molecule has 24 heavy (non-hydrogen) atoms. The van der Waals surface area contributed by atoms with Gasteiger partial charge in [-0.25, -0.2) is 4.68 Å². The number of fused-ring (bicyclic) bond motifs is 1. The van der Waals surface area contributed by atoms with Gasteiger partial charge in [0.2, 0.25) is 0 Å². The van der Waals surface area contributed by atoms with Gasteiger partial charge in [-0.2, -0.15) is 5.10 Å². The molecule has 2 aromatic rings. The van der Waals surface area contributed by atoms with Gasteiger partial charge in [-0.1, -0.05) is 31.0 Å². The highest BCUT2D eigenvalue weighted by molar-refractivity contribution is 5.39. The van der Waals surface area contributed by atoms with Crippen LogP contribution in [0, 0.1) is 0 Å². The molecule has 0 amide bonds. The first-order valence-electron chi connectivity index (χ1n) is 9.65. The molecule has 3 heteroatoms. The zero-order valence-electron chi connectivity index (χ0n) is 15.0. The molecule has 128 valence electrons. The molecule has 0 aliphatic heterocycles. The Labute approximate surface area is 145 Å². The van der Waals surface area contributed by atoms with Crippen LogP contribution >= 0.6 is 0 Å². The van der Waals surface area contributed by atoms with Crippen LogP contribution in [0.4, 0.5) is 0 Å². The van der Waals surface area contributed by atoms with Crippen molar-refractivity contribution in [1.29, 1.82) is 0 Å². The third-order valence-corrected chi connectivity index (χ3v) is 5.80. The lowest BCUT2D eigenvalue weighted by Gasteiger charge is -2.32. The maximum absolute atomic E-state index is 5.07. The fourth-order valence-electron chi connectivity index (χ4n) is 4.57. The Morgan fingerprint density at radius 1 is 1.08 bits per heavy atom. The highest BCUT2D eigenvalue weighted by atomic mass is 15.3. The zero-order valence-corrected chi connectivity index (χ0v) is 15.0. The van der Waals surface area contributed by atoms with Gasteiger partial charge in [0, 0.05) is 24.3 Å². The van der Waals surface area contributed by atoms with E-state index < -0.39 is 0 Å². The third-order valence-electron chi connectivity index (χ3n) is 5.80. The monoisotopic (exact) mass is 323 g/mol. The maximum Gasteiger partial charge on any atom is 0.0804 e. The van der Waals surface area contributed by atoms with Gasteiger partial charge in [-0.05, 0) is 63.6 Å². The summed E-state index contributed by atoms with van der Waals surface area (Å²) >= 11 is 0. The van der Waals surface area contributed by atoms with Crippen molar-refractivity contribution in [3.05, 3.63) is 47.3 Å². The standard InChI is InChI=1S/C21H29N3/c1-16(2)23(17-9-6-7-10-17)15-20-19-13-8-14-21(19)24(22-20)18-11-4-3-5-12-18/h3-5,11-12,16-17H,6-10,13-15H2,1-2H3. The van der Waals surface area contributed by atoms with E-state index in [1.165, 1.54) is 67.6 Å². The van der Waals surface area contributed by atoms with Crippen molar-refractivity contribution in [2.75, 3.05) is 0 Å². The van der Waals surface area contributed by atoms with Crippen LogP contribution in [0.5, 0.6) is 0 Å². The molecule has 0 spiro atoms. The van der Waals surface area contributed by atoms with E-state index in [1.807, 2.05) is 0 Å². The summed E-state index contributed by atoms with van der Waals surface area (Å²) in [4.78, 5) is 2.70. The van der Waals surface area contributed by atoms with E-state index in [1.54, 1.807) is 0 Å². The van der Waals surface area contributed by atoms with Gasteiger partial charge in [0.05, 0.1) is 11.4 Å².